The highest BCUT2D eigenvalue weighted by molar-refractivity contribution is 5.96. The van der Waals surface area contributed by atoms with Crippen LogP contribution in [0.3, 0.4) is 0 Å². The molecular weight excluding hydrogens is 256 g/mol. The molecule has 0 fully saturated rings. The number of benzene rings is 1. The van der Waals surface area contributed by atoms with Crippen molar-refractivity contribution in [3.05, 3.63) is 40.5 Å². The molecule has 3 N–H and O–H groups in total. The van der Waals surface area contributed by atoms with Gasteiger partial charge in [0.1, 0.15) is 0 Å². The van der Waals surface area contributed by atoms with Crippen molar-refractivity contribution in [2.75, 3.05) is 12.3 Å². The van der Waals surface area contributed by atoms with E-state index in [0.717, 1.165) is 11.1 Å². The van der Waals surface area contributed by atoms with E-state index in [1.165, 1.54) is 0 Å². The predicted octanol–water partition coefficient (Wildman–Crippen LogP) is 1.55. The van der Waals surface area contributed by atoms with Crippen LogP contribution in [0.1, 0.15) is 33.2 Å². The van der Waals surface area contributed by atoms with E-state index in [-0.39, 0.29) is 5.91 Å². The number of amides is 1. The monoisotopic (exact) mass is 274 g/mol. The summed E-state index contributed by atoms with van der Waals surface area (Å²) < 4.78 is 4.86. The van der Waals surface area contributed by atoms with E-state index in [1.807, 2.05) is 19.9 Å². The zero-order valence-electron chi connectivity index (χ0n) is 11.9. The standard InChI is InChI=1S/C14H18N4O2/c1-8-6-9(2)12(15)7-11(8)14(19)16-5-4-13-17-10(3)20-18-13/h6-7H,4-5,15H2,1-3H3,(H,16,19). The van der Waals surface area contributed by atoms with E-state index in [4.69, 9.17) is 10.3 Å². The number of aryl methyl sites for hydroxylation is 3. The molecule has 0 aliphatic carbocycles. The first-order valence-corrected chi connectivity index (χ1v) is 6.41. The number of anilines is 1. The number of nitrogens with two attached hydrogens (primary N) is 1. The second-order valence-corrected chi connectivity index (χ2v) is 4.76. The van der Waals surface area contributed by atoms with Crippen LogP contribution in [-0.2, 0) is 6.42 Å². The van der Waals surface area contributed by atoms with Crippen molar-refractivity contribution in [2.45, 2.75) is 27.2 Å². The molecule has 0 atom stereocenters. The SMILES string of the molecule is Cc1nc(CCNC(=O)c2cc(N)c(C)cc2C)no1. The molecule has 0 radical (unpaired) electrons. The molecule has 6 heteroatoms. The molecule has 20 heavy (non-hydrogen) atoms. The summed E-state index contributed by atoms with van der Waals surface area (Å²) in [6, 6.07) is 3.62. The second kappa shape index (κ2) is 5.73. The van der Waals surface area contributed by atoms with E-state index in [9.17, 15) is 4.79 Å². The number of nitrogen functional groups attached to an aromatic ring is 1. The molecule has 1 aromatic carbocycles. The highest BCUT2D eigenvalue weighted by Crippen LogP contribution is 2.17. The summed E-state index contributed by atoms with van der Waals surface area (Å²) in [6.45, 7) is 5.99. The van der Waals surface area contributed by atoms with Crippen molar-refractivity contribution < 1.29 is 9.32 Å². The van der Waals surface area contributed by atoms with E-state index in [2.05, 4.69) is 15.5 Å². The first-order chi connectivity index (χ1) is 9.47. The summed E-state index contributed by atoms with van der Waals surface area (Å²) in [7, 11) is 0. The highest BCUT2D eigenvalue weighted by atomic mass is 16.5. The van der Waals surface area contributed by atoms with E-state index in [0.29, 0.717) is 35.9 Å². The van der Waals surface area contributed by atoms with Gasteiger partial charge in [-0.15, -0.1) is 0 Å². The summed E-state index contributed by atoms with van der Waals surface area (Å²) >= 11 is 0. The van der Waals surface area contributed by atoms with Crippen LogP contribution in [0, 0.1) is 20.8 Å². The highest BCUT2D eigenvalue weighted by Gasteiger charge is 2.11. The quantitative estimate of drug-likeness (QED) is 0.825. The summed E-state index contributed by atoms with van der Waals surface area (Å²) in [5, 5.41) is 6.60. The summed E-state index contributed by atoms with van der Waals surface area (Å²) in [4.78, 5) is 16.2. The zero-order valence-corrected chi connectivity index (χ0v) is 11.9. The van der Waals surface area contributed by atoms with E-state index < -0.39 is 0 Å². The largest absolute Gasteiger partial charge is 0.398 e. The van der Waals surface area contributed by atoms with Gasteiger partial charge in [0.25, 0.3) is 5.91 Å². The molecule has 1 heterocycles. The average molecular weight is 274 g/mol. The number of hydrogen-bond acceptors (Lipinski definition) is 5. The van der Waals surface area contributed by atoms with Gasteiger partial charge in [0.05, 0.1) is 0 Å². The maximum Gasteiger partial charge on any atom is 0.251 e. The Morgan fingerprint density at radius 2 is 2.05 bits per heavy atom. The minimum absolute atomic E-state index is 0.144. The number of carbonyl (C=O) groups excluding carboxylic acids is 1. The number of rotatable bonds is 4. The lowest BCUT2D eigenvalue weighted by Crippen LogP contribution is -2.26. The van der Waals surface area contributed by atoms with Crippen LogP contribution < -0.4 is 11.1 Å². The minimum atomic E-state index is -0.144. The normalized spacial score (nSPS) is 10.6. The Morgan fingerprint density at radius 3 is 2.70 bits per heavy atom. The zero-order chi connectivity index (χ0) is 14.7. The molecule has 2 aromatic rings. The van der Waals surface area contributed by atoms with Crippen molar-refractivity contribution in [2.24, 2.45) is 0 Å². The van der Waals surface area contributed by atoms with Crippen molar-refractivity contribution in [1.29, 1.82) is 0 Å². The molecule has 0 saturated heterocycles. The Hall–Kier alpha value is -2.37. The molecule has 106 valence electrons. The first kappa shape index (κ1) is 14.0. The topological polar surface area (TPSA) is 94.0 Å². The number of carbonyl (C=O) groups is 1. The van der Waals surface area contributed by atoms with Gasteiger partial charge in [0, 0.05) is 31.1 Å². The van der Waals surface area contributed by atoms with Crippen LogP contribution >= 0.6 is 0 Å². The third-order valence-electron chi connectivity index (χ3n) is 3.06. The van der Waals surface area contributed by atoms with Crippen LogP contribution in [-0.4, -0.2) is 22.6 Å². The van der Waals surface area contributed by atoms with Gasteiger partial charge < -0.3 is 15.6 Å². The van der Waals surface area contributed by atoms with Gasteiger partial charge >= 0.3 is 0 Å². The Balaban J connectivity index is 1.97. The Labute approximate surface area is 117 Å². The third kappa shape index (κ3) is 3.14. The summed E-state index contributed by atoms with van der Waals surface area (Å²) in [5.74, 6) is 0.964. The first-order valence-electron chi connectivity index (χ1n) is 6.41. The second-order valence-electron chi connectivity index (χ2n) is 4.76. The number of hydrogen-bond donors (Lipinski definition) is 2. The molecule has 1 amide bonds. The Bertz CT molecular complexity index is 634. The summed E-state index contributed by atoms with van der Waals surface area (Å²) in [5.41, 5.74) is 8.93. The van der Waals surface area contributed by atoms with Gasteiger partial charge in [0.15, 0.2) is 5.82 Å². The molecule has 0 bridgehead atoms. The van der Waals surface area contributed by atoms with Crippen LogP contribution in [0.15, 0.2) is 16.7 Å². The van der Waals surface area contributed by atoms with Crippen molar-refractivity contribution in [3.8, 4) is 0 Å². The van der Waals surface area contributed by atoms with Gasteiger partial charge in [-0.25, -0.2) is 0 Å². The maximum absolute atomic E-state index is 12.1. The number of nitrogens with one attached hydrogen (secondary N) is 1. The number of aromatic nitrogens is 2. The van der Waals surface area contributed by atoms with Gasteiger partial charge in [-0.05, 0) is 31.0 Å². The van der Waals surface area contributed by atoms with E-state index in [1.54, 1.807) is 13.0 Å². The van der Waals surface area contributed by atoms with Crippen LogP contribution in [0.2, 0.25) is 0 Å². The maximum atomic E-state index is 12.1. The van der Waals surface area contributed by atoms with Crippen molar-refractivity contribution in [1.82, 2.24) is 15.5 Å². The smallest absolute Gasteiger partial charge is 0.251 e. The molecule has 6 nitrogen and oxygen atoms in total. The molecular formula is C14H18N4O2. The molecule has 2 rings (SSSR count). The third-order valence-corrected chi connectivity index (χ3v) is 3.06. The fraction of sp³-hybridized carbons (Fsp3) is 0.357. The van der Waals surface area contributed by atoms with Crippen LogP contribution in [0.4, 0.5) is 5.69 Å². The molecule has 0 aliphatic rings. The van der Waals surface area contributed by atoms with Crippen molar-refractivity contribution >= 4 is 11.6 Å². The molecule has 0 saturated carbocycles. The molecule has 0 unspecified atom stereocenters. The lowest BCUT2D eigenvalue weighted by atomic mass is 10.0. The molecule has 0 spiro atoms. The predicted molar refractivity (Wildman–Crippen MR) is 75.4 cm³/mol. The van der Waals surface area contributed by atoms with E-state index >= 15 is 0 Å². The molecule has 1 aromatic heterocycles. The van der Waals surface area contributed by atoms with Gasteiger partial charge in [-0.2, -0.15) is 4.98 Å². The molecule has 0 aliphatic heterocycles. The minimum Gasteiger partial charge on any atom is -0.398 e. The van der Waals surface area contributed by atoms with Gasteiger partial charge in [-0.1, -0.05) is 11.2 Å². The van der Waals surface area contributed by atoms with Gasteiger partial charge in [-0.3, -0.25) is 4.79 Å². The summed E-state index contributed by atoms with van der Waals surface area (Å²) in [6.07, 6.45) is 0.531. The fourth-order valence-corrected chi connectivity index (χ4v) is 1.94. The Kier molecular flexibility index (Phi) is 4.02. The van der Waals surface area contributed by atoms with Crippen molar-refractivity contribution in [3.63, 3.8) is 0 Å². The Morgan fingerprint density at radius 1 is 1.30 bits per heavy atom. The average Bonchev–Trinajstić information content (AvgIpc) is 2.79. The lowest BCUT2D eigenvalue weighted by Gasteiger charge is -2.09. The number of nitrogens with zero attached hydrogens (tertiary/aromatic N) is 2. The van der Waals surface area contributed by atoms with Crippen LogP contribution in [0.25, 0.3) is 0 Å². The van der Waals surface area contributed by atoms with Crippen LogP contribution in [0.5, 0.6) is 0 Å². The fourth-order valence-electron chi connectivity index (χ4n) is 1.94. The lowest BCUT2D eigenvalue weighted by molar-refractivity contribution is 0.0953. The van der Waals surface area contributed by atoms with Gasteiger partial charge in [0.2, 0.25) is 5.89 Å².